The zero-order valence-corrected chi connectivity index (χ0v) is 16.2. The standard InChI is InChI=1S/C21H15ClN4O4/c22-18-4-2-1-3-13(18)11-25-12-14(5-8-20(25)27)24-21(28)17-10-23-19-7-6-15(26(29)30)9-16(17)19/h1-10,12,23H,11H2,(H,24,28). The van der Waals surface area contributed by atoms with Crippen molar-refractivity contribution in [2.45, 2.75) is 6.54 Å². The Hall–Kier alpha value is -3.91. The lowest BCUT2D eigenvalue weighted by Crippen LogP contribution is -2.21. The van der Waals surface area contributed by atoms with E-state index >= 15 is 0 Å². The van der Waals surface area contributed by atoms with Crippen molar-refractivity contribution in [3.05, 3.63) is 104 Å². The van der Waals surface area contributed by atoms with Crippen molar-refractivity contribution in [3.8, 4) is 0 Å². The number of amides is 1. The van der Waals surface area contributed by atoms with E-state index in [4.69, 9.17) is 11.6 Å². The highest BCUT2D eigenvalue weighted by atomic mass is 35.5. The van der Waals surface area contributed by atoms with Gasteiger partial charge in [0.15, 0.2) is 0 Å². The molecule has 2 heterocycles. The number of nitro groups is 1. The second-order valence-electron chi connectivity index (χ2n) is 6.62. The van der Waals surface area contributed by atoms with Gasteiger partial charge in [-0.2, -0.15) is 0 Å². The van der Waals surface area contributed by atoms with Gasteiger partial charge >= 0.3 is 0 Å². The van der Waals surface area contributed by atoms with Gasteiger partial charge < -0.3 is 14.9 Å². The Kier molecular flexibility index (Phi) is 5.07. The van der Waals surface area contributed by atoms with E-state index in [-0.39, 0.29) is 23.4 Å². The molecule has 0 saturated carbocycles. The number of rotatable bonds is 5. The van der Waals surface area contributed by atoms with Crippen LogP contribution in [-0.2, 0) is 6.54 Å². The molecule has 2 aromatic carbocycles. The van der Waals surface area contributed by atoms with Gasteiger partial charge in [-0.25, -0.2) is 0 Å². The fourth-order valence-electron chi connectivity index (χ4n) is 3.15. The van der Waals surface area contributed by atoms with Gasteiger partial charge in [-0.1, -0.05) is 29.8 Å². The van der Waals surface area contributed by atoms with Crippen LogP contribution in [-0.4, -0.2) is 20.4 Å². The maximum Gasteiger partial charge on any atom is 0.270 e. The maximum atomic E-state index is 12.8. The van der Waals surface area contributed by atoms with Gasteiger partial charge in [0.1, 0.15) is 0 Å². The molecule has 0 atom stereocenters. The molecule has 8 nitrogen and oxygen atoms in total. The van der Waals surface area contributed by atoms with Crippen LogP contribution in [0.25, 0.3) is 10.9 Å². The molecule has 0 unspecified atom stereocenters. The third-order valence-corrected chi connectivity index (χ3v) is 5.03. The third kappa shape index (κ3) is 3.81. The normalized spacial score (nSPS) is 10.8. The highest BCUT2D eigenvalue weighted by Crippen LogP contribution is 2.24. The first kappa shape index (κ1) is 19.4. The van der Waals surface area contributed by atoms with Crippen LogP contribution < -0.4 is 10.9 Å². The van der Waals surface area contributed by atoms with E-state index in [1.54, 1.807) is 18.2 Å². The van der Waals surface area contributed by atoms with E-state index in [1.165, 1.54) is 41.2 Å². The number of carbonyl (C=O) groups excluding carboxylic acids is 1. The SMILES string of the molecule is O=C(Nc1ccc(=O)n(Cc2ccccc2Cl)c1)c1c[nH]c2ccc([N+](=O)[O-])cc12. The fraction of sp³-hybridized carbons (Fsp3) is 0.0476. The highest BCUT2D eigenvalue weighted by Gasteiger charge is 2.16. The molecule has 0 radical (unpaired) electrons. The second-order valence-corrected chi connectivity index (χ2v) is 7.03. The Labute approximate surface area is 174 Å². The smallest absolute Gasteiger partial charge is 0.270 e. The minimum Gasteiger partial charge on any atom is -0.360 e. The van der Waals surface area contributed by atoms with E-state index in [1.807, 2.05) is 12.1 Å². The molecule has 0 bridgehead atoms. The van der Waals surface area contributed by atoms with Crippen LogP contribution in [0.2, 0.25) is 5.02 Å². The van der Waals surface area contributed by atoms with Crippen molar-refractivity contribution in [3.63, 3.8) is 0 Å². The number of non-ortho nitro benzene ring substituents is 1. The van der Waals surface area contributed by atoms with Crippen molar-refractivity contribution in [2.75, 3.05) is 5.32 Å². The van der Waals surface area contributed by atoms with Crippen molar-refractivity contribution in [1.82, 2.24) is 9.55 Å². The van der Waals surface area contributed by atoms with Crippen LogP contribution in [0.4, 0.5) is 11.4 Å². The molecule has 2 N–H and O–H groups in total. The number of carbonyl (C=O) groups is 1. The number of anilines is 1. The maximum absolute atomic E-state index is 12.8. The molecule has 150 valence electrons. The summed E-state index contributed by atoms with van der Waals surface area (Å²) in [6.07, 6.45) is 3.02. The average molecular weight is 423 g/mol. The Morgan fingerprint density at radius 1 is 1.17 bits per heavy atom. The zero-order valence-electron chi connectivity index (χ0n) is 15.5. The molecule has 1 amide bonds. The topological polar surface area (TPSA) is 110 Å². The van der Waals surface area contributed by atoms with Crippen molar-refractivity contribution in [1.29, 1.82) is 0 Å². The zero-order chi connectivity index (χ0) is 21.3. The molecule has 0 aliphatic carbocycles. The van der Waals surface area contributed by atoms with Gasteiger partial charge in [-0.05, 0) is 23.8 Å². The number of nitrogens with one attached hydrogen (secondary N) is 2. The van der Waals surface area contributed by atoms with E-state index in [9.17, 15) is 19.7 Å². The molecule has 9 heteroatoms. The predicted molar refractivity (Wildman–Crippen MR) is 114 cm³/mol. The van der Waals surface area contributed by atoms with Crippen LogP contribution in [0.5, 0.6) is 0 Å². The molecular weight excluding hydrogens is 408 g/mol. The van der Waals surface area contributed by atoms with Crippen LogP contribution >= 0.6 is 11.6 Å². The van der Waals surface area contributed by atoms with Gasteiger partial charge in [0.05, 0.1) is 22.7 Å². The number of fused-ring (bicyclic) bond motifs is 1. The molecule has 2 aromatic heterocycles. The predicted octanol–water partition coefficient (Wildman–Crippen LogP) is 4.19. The van der Waals surface area contributed by atoms with Gasteiger partial charge in [0, 0.05) is 46.5 Å². The Morgan fingerprint density at radius 2 is 1.97 bits per heavy atom. The number of hydrogen-bond acceptors (Lipinski definition) is 4. The number of aromatic nitrogens is 2. The summed E-state index contributed by atoms with van der Waals surface area (Å²) in [6.45, 7) is 0.251. The first-order valence-corrected chi connectivity index (χ1v) is 9.31. The molecule has 4 rings (SSSR count). The molecule has 0 saturated heterocycles. The van der Waals surface area contributed by atoms with E-state index < -0.39 is 10.8 Å². The largest absolute Gasteiger partial charge is 0.360 e. The first-order chi connectivity index (χ1) is 14.4. The van der Waals surface area contributed by atoms with E-state index in [0.29, 0.717) is 21.6 Å². The lowest BCUT2D eigenvalue weighted by molar-refractivity contribution is -0.384. The van der Waals surface area contributed by atoms with Gasteiger partial charge in [0.2, 0.25) is 0 Å². The van der Waals surface area contributed by atoms with Crippen LogP contribution in [0, 0.1) is 10.1 Å². The quantitative estimate of drug-likeness (QED) is 0.371. The Bertz CT molecular complexity index is 1340. The molecule has 0 aliphatic heterocycles. The van der Waals surface area contributed by atoms with Crippen LogP contribution in [0.1, 0.15) is 15.9 Å². The number of aromatic amines is 1. The number of H-pyrrole nitrogens is 1. The molecule has 0 spiro atoms. The number of nitrogens with zero attached hydrogens (tertiary/aromatic N) is 2. The summed E-state index contributed by atoms with van der Waals surface area (Å²) in [5.41, 5.74) is 1.70. The minimum absolute atomic E-state index is 0.107. The summed E-state index contributed by atoms with van der Waals surface area (Å²) in [6, 6.07) is 14.3. The van der Waals surface area contributed by atoms with E-state index in [2.05, 4.69) is 10.3 Å². The molecule has 4 aromatic rings. The first-order valence-electron chi connectivity index (χ1n) is 8.93. The van der Waals surface area contributed by atoms with Gasteiger partial charge in [0.25, 0.3) is 17.2 Å². The fourth-order valence-corrected chi connectivity index (χ4v) is 3.34. The monoisotopic (exact) mass is 422 g/mol. The number of benzene rings is 2. The number of nitro benzene ring substituents is 1. The number of pyridine rings is 1. The number of hydrogen-bond donors (Lipinski definition) is 2. The molecular formula is C21H15ClN4O4. The minimum atomic E-state index is -0.515. The van der Waals surface area contributed by atoms with Crippen molar-refractivity contribution < 1.29 is 9.72 Å². The summed E-state index contributed by atoms with van der Waals surface area (Å²) in [5.74, 6) is -0.454. The van der Waals surface area contributed by atoms with Crippen molar-refractivity contribution >= 4 is 39.8 Å². The van der Waals surface area contributed by atoms with Crippen LogP contribution in [0.3, 0.4) is 0 Å². The van der Waals surface area contributed by atoms with Crippen molar-refractivity contribution in [2.24, 2.45) is 0 Å². The summed E-state index contributed by atoms with van der Waals surface area (Å²) in [7, 11) is 0. The summed E-state index contributed by atoms with van der Waals surface area (Å²) in [4.78, 5) is 38.4. The summed E-state index contributed by atoms with van der Waals surface area (Å²) in [5, 5.41) is 14.7. The molecule has 30 heavy (non-hydrogen) atoms. The Morgan fingerprint density at radius 3 is 2.73 bits per heavy atom. The summed E-state index contributed by atoms with van der Waals surface area (Å²) >= 11 is 6.17. The Balaban J connectivity index is 1.62. The molecule has 0 aliphatic rings. The third-order valence-electron chi connectivity index (χ3n) is 4.66. The van der Waals surface area contributed by atoms with Gasteiger partial charge in [-0.3, -0.25) is 19.7 Å². The lowest BCUT2D eigenvalue weighted by atomic mass is 10.1. The van der Waals surface area contributed by atoms with E-state index in [0.717, 1.165) is 5.56 Å². The second kappa shape index (κ2) is 7.84. The van der Waals surface area contributed by atoms with Crippen LogP contribution in [0.15, 0.2) is 71.8 Å². The highest BCUT2D eigenvalue weighted by molar-refractivity contribution is 6.31. The van der Waals surface area contributed by atoms with Gasteiger partial charge in [-0.15, -0.1) is 0 Å². The summed E-state index contributed by atoms with van der Waals surface area (Å²) < 4.78 is 1.44. The molecule has 0 fully saturated rings. The number of halogens is 1. The average Bonchev–Trinajstić information content (AvgIpc) is 3.15. The lowest BCUT2D eigenvalue weighted by Gasteiger charge is -2.10.